The maximum absolute atomic E-state index is 12.3. The van der Waals surface area contributed by atoms with Gasteiger partial charge in [-0.3, -0.25) is 9.89 Å². The first-order chi connectivity index (χ1) is 15.6. The van der Waals surface area contributed by atoms with E-state index in [0.29, 0.717) is 29.6 Å². The van der Waals surface area contributed by atoms with E-state index in [0.717, 1.165) is 11.1 Å². The van der Waals surface area contributed by atoms with Gasteiger partial charge in [-0.2, -0.15) is 10.2 Å². The molecule has 162 valence electrons. The van der Waals surface area contributed by atoms with Crippen LogP contribution in [-0.2, 0) is 6.61 Å². The minimum absolute atomic E-state index is 0.273. The number of benzene rings is 2. The Morgan fingerprint density at radius 3 is 2.75 bits per heavy atom. The normalized spacial score (nSPS) is 10.9. The van der Waals surface area contributed by atoms with Crippen molar-refractivity contribution in [1.29, 1.82) is 0 Å². The first kappa shape index (κ1) is 20.9. The molecular formula is C24H22N4O4. The lowest BCUT2D eigenvalue weighted by atomic mass is 10.1. The van der Waals surface area contributed by atoms with Crippen LogP contribution in [0.3, 0.4) is 0 Å². The summed E-state index contributed by atoms with van der Waals surface area (Å²) in [6.07, 6.45) is 2.94. The predicted octanol–water partition coefficient (Wildman–Crippen LogP) is 4.33. The van der Waals surface area contributed by atoms with Crippen LogP contribution in [-0.4, -0.2) is 29.4 Å². The standard InChI is InChI=1S/C24H22N4O4/c1-16-5-7-17(8-6-16)15-32-22-10-9-18(12-23(22)30-2)20-13-21(27-26-20)24(29)28-25-14-19-4-3-11-31-19/h3-14H,15H2,1-2H3,(H,26,27)(H,28,29). The topological polar surface area (TPSA) is 102 Å². The van der Waals surface area contributed by atoms with E-state index in [1.165, 1.54) is 18.0 Å². The Labute approximate surface area is 184 Å². The molecule has 0 atom stereocenters. The molecule has 2 N–H and O–H groups in total. The van der Waals surface area contributed by atoms with Gasteiger partial charge in [-0.25, -0.2) is 5.43 Å². The van der Waals surface area contributed by atoms with Crippen LogP contribution in [0, 0.1) is 6.92 Å². The maximum Gasteiger partial charge on any atom is 0.289 e. The molecule has 32 heavy (non-hydrogen) atoms. The van der Waals surface area contributed by atoms with Crippen molar-refractivity contribution in [1.82, 2.24) is 15.6 Å². The van der Waals surface area contributed by atoms with Crippen LogP contribution < -0.4 is 14.9 Å². The van der Waals surface area contributed by atoms with Gasteiger partial charge >= 0.3 is 0 Å². The number of carbonyl (C=O) groups excluding carboxylic acids is 1. The fraction of sp³-hybridized carbons (Fsp3) is 0.125. The van der Waals surface area contributed by atoms with E-state index < -0.39 is 5.91 Å². The van der Waals surface area contributed by atoms with E-state index in [1.807, 2.05) is 49.4 Å². The molecule has 0 aliphatic heterocycles. The van der Waals surface area contributed by atoms with Gasteiger partial charge in [-0.15, -0.1) is 0 Å². The van der Waals surface area contributed by atoms with Crippen LogP contribution in [0.2, 0.25) is 0 Å². The Hall–Kier alpha value is -4.33. The van der Waals surface area contributed by atoms with E-state index in [4.69, 9.17) is 13.9 Å². The number of hydrogen-bond donors (Lipinski definition) is 2. The van der Waals surface area contributed by atoms with Crippen molar-refractivity contribution in [2.24, 2.45) is 5.10 Å². The second kappa shape index (κ2) is 9.65. The lowest BCUT2D eigenvalue weighted by Crippen LogP contribution is -2.17. The zero-order chi connectivity index (χ0) is 22.3. The molecule has 0 radical (unpaired) electrons. The molecule has 4 aromatic rings. The molecule has 0 aliphatic rings. The van der Waals surface area contributed by atoms with Crippen molar-refractivity contribution in [2.45, 2.75) is 13.5 Å². The molecule has 0 saturated heterocycles. The molecule has 8 nitrogen and oxygen atoms in total. The SMILES string of the molecule is COc1cc(-c2cc(C(=O)NN=Cc3ccco3)[nH]n2)ccc1OCc1ccc(C)cc1. The third-order valence-corrected chi connectivity index (χ3v) is 4.70. The monoisotopic (exact) mass is 430 g/mol. The fourth-order valence-electron chi connectivity index (χ4n) is 2.96. The van der Waals surface area contributed by atoms with Crippen LogP contribution in [0.25, 0.3) is 11.3 Å². The van der Waals surface area contributed by atoms with E-state index in [9.17, 15) is 4.79 Å². The molecule has 2 heterocycles. The number of aromatic nitrogens is 2. The van der Waals surface area contributed by atoms with Gasteiger partial charge in [-0.05, 0) is 48.9 Å². The third-order valence-electron chi connectivity index (χ3n) is 4.70. The van der Waals surface area contributed by atoms with E-state index >= 15 is 0 Å². The molecule has 0 fully saturated rings. The largest absolute Gasteiger partial charge is 0.493 e. The molecule has 8 heteroatoms. The summed E-state index contributed by atoms with van der Waals surface area (Å²) in [4.78, 5) is 12.3. The van der Waals surface area contributed by atoms with E-state index in [-0.39, 0.29) is 5.69 Å². The first-order valence-electron chi connectivity index (χ1n) is 9.91. The van der Waals surface area contributed by atoms with Crippen LogP contribution in [0.1, 0.15) is 27.4 Å². The Morgan fingerprint density at radius 2 is 2.00 bits per heavy atom. The molecule has 0 aliphatic carbocycles. The number of rotatable bonds is 8. The summed E-state index contributed by atoms with van der Waals surface area (Å²) in [5.41, 5.74) is 6.34. The molecule has 0 saturated carbocycles. The minimum atomic E-state index is -0.420. The number of nitrogens with zero attached hydrogens (tertiary/aromatic N) is 2. The number of carbonyl (C=O) groups is 1. The lowest BCUT2D eigenvalue weighted by molar-refractivity contribution is 0.0950. The highest BCUT2D eigenvalue weighted by Crippen LogP contribution is 2.32. The number of furan rings is 1. The van der Waals surface area contributed by atoms with Crippen molar-refractivity contribution >= 4 is 12.1 Å². The van der Waals surface area contributed by atoms with Crippen molar-refractivity contribution in [3.8, 4) is 22.8 Å². The highest BCUT2D eigenvalue weighted by Gasteiger charge is 2.13. The van der Waals surface area contributed by atoms with Gasteiger partial charge in [-0.1, -0.05) is 29.8 Å². The van der Waals surface area contributed by atoms with Crippen molar-refractivity contribution < 1.29 is 18.7 Å². The van der Waals surface area contributed by atoms with Gasteiger partial charge in [0.05, 0.1) is 25.3 Å². The van der Waals surface area contributed by atoms with Gasteiger partial charge in [0, 0.05) is 5.56 Å². The molecule has 1 amide bonds. The summed E-state index contributed by atoms with van der Waals surface area (Å²) in [5, 5.41) is 10.8. The second-order valence-electron chi connectivity index (χ2n) is 7.02. The number of ether oxygens (including phenoxy) is 2. The predicted molar refractivity (Wildman–Crippen MR) is 120 cm³/mol. The first-order valence-corrected chi connectivity index (χ1v) is 9.91. The van der Waals surface area contributed by atoms with Gasteiger partial charge in [0.15, 0.2) is 11.5 Å². The number of nitrogens with one attached hydrogen (secondary N) is 2. The Kier molecular flexibility index (Phi) is 6.31. The van der Waals surface area contributed by atoms with Crippen LogP contribution in [0.4, 0.5) is 0 Å². The summed E-state index contributed by atoms with van der Waals surface area (Å²) >= 11 is 0. The molecular weight excluding hydrogens is 408 g/mol. The molecule has 2 aromatic carbocycles. The third kappa shape index (κ3) is 5.04. The highest BCUT2D eigenvalue weighted by molar-refractivity contribution is 5.94. The Morgan fingerprint density at radius 1 is 1.16 bits per heavy atom. The second-order valence-corrected chi connectivity index (χ2v) is 7.02. The summed E-state index contributed by atoms with van der Waals surface area (Å²) in [7, 11) is 1.58. The quantitative estimate of drug-likeness (QED) is 0.320. The lowest BCUT2D eigenvalue weighted by Gasteiger charge is -2.12. The number of aromatic amines is 1. The molecule has 0 spiro atoms. The zero-order valence-electron chi connectivity index (χ0n) is 17.7. The summed E-state index contributed by atoms with van der Waals surface area (Å²) in [6.45, 7) is 2.48. The van der Waals surface area contributed by atoms with Crippen LogP contribution in [0.5, 0.6) is 11.5 Å². The summed E-state index contributed by atoms with van der Waals surface area (Å²) < 4.78 is 16.5. The Bertz CT molecular complexity index is 1210. The van der Waals surface area contributed by atoms with Gasteiger partial charge in [0.25, 0.3) is 5.91 Å². The van der Waals surface area contributed by atoms with Crippen molar-refractivity contribution in [3.63, 3.8) is 0 Å². The van der Waals surface area contributed by atoms with Crippen LogP contribution in [0.15, 0.2) is 76.4 Å². The number of methoxy groups -OCH3 is 1. The molecule has 0 unspecified atom stereocenters. The number of hydrazone groups is 1. The fourth-order valence-corrected chi connectivity index (χ4v) is 2.96. The molecule has 0 bridgehead atoms. The number of aryl methyl sites for hydroxylation is 1. The summed E-state index contributed by atoms with van der Waals surface area (Å²) in [6, 6.07) is 18.8. The van der Waals surface area contributed by atoms with Gasteiger partial charge in [0.1, 0.15) is 18.1 Å². The number of hydrogen-bond acceptors (Lipinski definition) is 6. The minimum Gasteiger partial charge on any atom is -0.493 e. The number of H-pyrrole nitrogens is 1. The van der Waals surface area contributed by atoms with Gasteiger partial charge in [0.2, 0.25) is 0 Å². The van der Waals surface area contributed by atoms with Crippen molar-refractivity contribution in [2.75, 3.05) is 7.11 Å². The molecule has 2 aromatic heterocycles. The number of amides is 1. The zero-order valence-corrected chi connectivity index (χ0v) is 17.7. The maximum atomic E-state index is 12.3. The van der Waals surface area contributed by atoms with E-state index in [1.54, 1.807) is 25.3 Å². The summed E-state index contributed by atoms with van der Waals surface area (Å²) in [5.74, 6) is 1.31. The van der Waals surface area contributed by atoms with E-state index in [2.05, 4.69) is 20.7 Å². The Balaban J connectivity index is 1.42. The smallest absolute Gasteiger partial charge is 0.289 e. The van der Waals surface area contributed by atoms with Gasteiger partial charge < -0.3 is 13.9 Å². The highest BCUT2D eigenvalue weighted by atomic mass is 16.5. The average molecular weight is 430 g/mol. The average Bonchev–Trinajstić information content (AvgIpc) is 3.51. The van der Waals surface area contributed by atoms with Crippen molar-refractivity contribution in [3.05, 3.63) is 89.5 Å². The molecule has 4 rings (SSSR count). The van der Waals surface area contributed by atoms with Crippen LogP contribution >= 0.6 is 0 Å².